The van der Waals surface area contributed by atoms with Gasteiger partial charge in [-0.2, -0.15) is 28.4 Å². The van der Waals surface area contributed by atoms with Crippen molar-refractivity contribution in [2.75, 3.05) is 36.5 Å². The summed E-state index contributed by atoms with van der Waals surface area (Å²) in [4.78, 5) is 10.1. The summed E-state index contributed by atoms with van der Waals surface area (Å²) in [7, 11) is 0. The summed E-state index contributed by atoms with van der Waals surface area (Å²) in [5, 5.41) is 11.8. The highest BCUT2D eigenvalue weighted by molar-refractivity contribution is 5.61. The topological polar surface area (TPSA) is 74.1 Å². The fourth-order valence-corrected chi connectivity index (χ4v) is 3.14. The molecule has 2 aromatic rings. The molecule has 2 heterocycles. The summed E-state index contributed by atoms with van der Waals surface area (Å²) in [5.74, 6) is -0.0416. The molecule has 1 N–H and O–H groups in total. The number of nitrogens with one attached hydrogen (secondary N) is 1. The highest BCUT2D eigenvalue weighted by Gasteiger charge is 2.28. The summed E-state index contributed by atoms with van der Waals surface area (Å²) in [6.07, 6.45) is -1.49. The van der Waals surface area contributed by atoms with Crippen LogP contribution in [0.5, 0.6) is 5.88 Å². The van der Waals surface area contributed by atoms with Gasteiger partial charge in [0.25, 0.3) is 0 Å². The van der Waals surface area contributed by atoms with Crippen molar-refractivity contribution in [3.05, 3.63) is 53.6 Å². The lowest BCUT2D eigenvalue weighted by molar-refractivity contribution is -0.115. The van der Waals surface area contributed by atoms with Crippen LogP contribution in [-0.2, 0) is 12.8 Å². The molecule has 0 aliphatic carbocycles. The molecule has 0 radical (unpaired) electrons. The summed E-state index contributed by atoms with van der Waals surface area (Å²) < 4.78 is 43.3. The number of rotatable bonds is 6. The van der Waals surface area contributed by atoms with Gasteiger partial charge in [-0.25, -0.2) is 0 Å². The number of ether oxygens (including phenoxy) is 1. The van der Waals surface area contributed by atoms with Crippen molar-refractivity contribution in [2.24, 2.45) is 0 Å². The first-order valence-corrected chi connectivity index (χ1v) is 9.09. The minimum Gasteiger partial charge on any atom is -0.472 e. The quantitative estimate of drug-likeness (QED) is 0.745. The number of halogens is 3. The molecule has 3 rings (SSSR count). The second-order valence-corrected chi connectivity index (χ2v) is 6.49. The molecule has 6 nitrogen and oxygen atoms in total. The molecule has 29 heavy (non-hydrogen) atoms. The first kappa shape index (κ1) is 20.5. The van der Waals surface area contributed by atoms with E-state index in [2.05, 4.69) is 34.0 Å². The SMILES string of the molecule is C=CCOc1nc(NCC(F)(F)F)nc(N2CCc3ccccc3CC2)c1C#N. The molecule has 1 aromatic carbocycles. The highest BCUT2D eigenvalue weighted by atomic mass is 19.4. The van der Waals surface area contributed by atoms with Gasteiger partial charge in [-0.3, -0.25) is 0 Å². The number of nitrogens with zero attached hydrogens (tertiary/aromatic N) is 4. The normalized spacial score (nSPS) is 13.8. The Hall–Kier alpha value is -3.28. The summed E-state index contributed by atoms with van der Waals surface area (Å²) >= 11 is 0. The smallest absolute Gasteiger partial charge is 0.405 e. The van der Waals surface area contributed by atoms with E-state index >= 15 is 0 Å². The Kier molecular flexibility index (Phi) is 6.22. The number of benzene rings is 1. The second-order valence-electron chi connectivity index (χ2n) is 6.49. The predicted molar refractivity (Wildman–Crippen MR) is 103 cm³/mol. The molecule has 0 spiro atoms. The summed E-state index contributed by atoms with van der Waals surface area (Å²) in [6.45, 7) is 3.47. The number of hydrogen-bond donors (Lipinski definition) is 1. The lowest BCUT2D eigenvalue weighted by atomic mass is 10.0. The van der Waals surface area contributed by atoms with Gasteiger partial charge in [0.15, 0.2) is 11.4 Å². The van der Waals surface area contributed by atoms with E-state index < -0.39 is 12.7 Å². The minimum atomic E-state index is -4.43. The maximum atomic E-state index is 12.6. The Bertz CT molecular complexity index is 896. The van der Waals surface area contributed by atoms with Crippen LogP contribution in [0.2, 0.25) is 0 Å². The van der Waals surface area contributed by atoms with E-state index in [1.54, 1.807) is 0 Å². The molecule has 0 unspecified atom stereocenters. The second kappa shape index (κ2) is 8.82. The maximum absolute atomic E-state index is 12.6. The number of alkyl halides is 3. The Morgan fingerprint density at radius 3 is 2.41 bits per heavy atom. The zero-order chi connectivity index (χ0) is 20.9. The van der Waals surface area contributed by atoms with Gasteiger partial charge in [0.2, 0.25) is 11.8 Å². The number of anilines is 2. The number of aromatic nitrogens is 2. The lowest BCUT2D eigenvalue weighted by Crippen LogP contribution is -2.29. The maximum Gasteiger partial charge on any atom is 0.405 e. The van der Waals surface area contributed by atoms with Crippen molar-refractivity contribution >= 4 is 11.8 Å². The van der Waals surface area contributed by atoms with Crippen molar-refractivity contribution < 1.29 is 17.9 Å². The fraction of sp³-hybridized carbons (Fsp3) is 0.350. The van der Waals surface area contributed by atoms with E-state index in [0.29, 0.717) is 13.1 Å². The zero-order valence-corrected chi connectivity index (χ0v) is 15.7. The number of fused-ring (bicyclic) bond motifs is 1. The molecular formula is C20H20F3N5O. The van der Waals surface area contributed by atoms with Crippen LogP contribution in [0.25, 0.3) is 0 Å². The van der Waals surface area contributed by atoms with Crippen molar-refractivity contribution in [3.63, 3.8) is 0 Å². The molecule has 1 aromatic heterocycles. The standard InChI is InChI=1S/C20H20F3N5O/c1-2-11-29-18-16(12-24)17(26-19(27-18)25-13-20(21,22)23)28-9-7-14-5-3-4-6-15(14)8-10-28/h2-6H,1,7-11,13H2,(H,25,26,27). The average Bonchev–Trinajstić information content (AvgIpc) is 2.92. The molecule has 0 saturated carbocycles. The Balaban J connectivity index is 1.94. The van der Waals surface area contributed by atoms with Crippen LogP contribution in [0.4, 0.5) is 24.9 Å². The predicted octanol–water partition coefficient (Wildman–Crippen LogP) is 3.49. The van der Waals surface area contributed by atoms with Gasteiger partial charge >= 0.3 is 6.18 Å². The molecule has 1 aliphatic rings. The number of nitriles is 1. The van der Waals surface area contributed by atoms with Gasteiger partial charge < -0.3 is 15.0 Å². The Morgan fingerprint density at radius 2 is 1.86 bits per heavy atom. The van der Waals surface area contributed by atoms with Crippen molar-refractivity contribution in [3.8, 4) is 11.9 Å². The molecule has 152 valence electrons. The van der Waals surface area contributed by atoms with Crippen molar-refractivity contribution in [2.45, 2.75) is 19.0 Å². The minimum absolute atomic E-state index is 0.0648. The van der Waals surface area contributed by atoms with Gasteiger partial charge in [-0.15, -0.1) is 0 Å². The first-order valence-electron chi connectivity index (χ1n) is 9.09. The zero-order valence-electron chi connectivity index (χ0n) is 15.7. The van der Waals surface area contributed by atoms with Crippen LogP contribution in [0, 0.1) is 11.3 Å². The molecule has 0 saturated heterocycles. The molecular weight excluding hydrogens is 383 g/mol. The molecule has 9 heteroatoms. The van der Waals surface area contributed by atoms with Crippen LogP contribution >= 0.6 is 0 Å². The van der Waals surface area contributed by atoms with Crippen molar-refractivity contribution in [1.82, 2.24) is 9.97 Å². The largest absolute Gasteiger partial charge is 0.472 e. The lowest BCUT2D eigenvalue weighted by Gasteiger charge is -2.24. The third-order valence-corrected chi connectivity index (χ3v) is 4.47. The van der Waals surface area contributed by atoms with Crippen LogP contribution in [0.1, 0.15) is 16.7 Å². The molecule has 1 aliphatic heterocycles. The highest BCUT2D eigenvalue weighted by Crippen LogP contribution is 2.29. The van der Waals surface area contributed by atoms with Crippen LogP contribution in [0.3, 0.4) is 0 Å². The van der Waals surface area contributed by atoms with Crippen LogP contribution in [0.15, 0.2) is 36.9 Å². The third-order valence-electron chi connectivity index (χ3n) is 4.47. The molecule has 0 bridgehead atoms. The Morgan fingerprint density at radius 1 is 1.21 bits per heavy atom. The van der Waals surface area contributed by atoms with E-state index in [1.807, 2.05) is 23.1 Å². The van der Waals surface area contributed by atoms with E-state index in [4.69, 9.17) is 4.74 Å². The summed E-state index contributed by atoms with van der Waals surface area (Å²) in [5.41, 5.74) is 2.51. The van der Waals surface area contributed by atoms with E-state index in [1.165, 1.54) is 17.2 Å². The molecule has 0 atom stereocenters. The summed E-state index contributed by atoms with van der Waals surface area (Å²) in [6, 6.07) is 10.1. The molecule has 0 fully saturated rings. The van der Waals surface area contributed by atoms with Crippen LogP contribution < -0.4 is 15.0 Å². The van der Waals surface area contributed by atoms with Gasteiger partial charge in [-0.1, -0.05) is 36.9 Å². The van der Waals surface area contributed by atoms with Gasteiger partial charge in [0, 0.05) is 13.1 Å². The monoisotopic (exact) mass is 403 g/mol. The van der Waals surface area contributed by atoms with Gasteiger partial charge in [0.1, 0.15) is 19.2 Å². The van der Waals surface area contributed by atoms with Gasteiger partial charge in [-0.05, 0) is 24.0 Å². The Labute approximate surface area is 166 Å². The first-order chi connectivity index (χ1) is 13.9. The number of hydrogen-bond acceptors (Lipinski definition) is 6. The van der Waals surface area contributed by atoms with Crippen molar-refractivity contribution in [1.29, 1.82) is 5.26 Å². The van der Waals surface area contributed by atoms with Crippen LogP contribution in [-0.4, -0.2) is 42.4 Å². The van der Waals surface area contributed by atoms with Gasteiger partial charge in [0.05, 0.1) is 0 Å². The van der Waals surface area contributed by atoms with E-state index in [-0.39, 0.29) is 29.8 Å². The average molecular weight is 403 g/mol. The molecule has 0 amide bonds. The fourth-order valence-electron chi connectivity index (χ4n) is 3.14. The van der Waals surface area contributed by atoms with E-state index in [9.17, 15) is 18.4 Å². The third kappa shape index (κ3) is 5.16. The van der Waals surface area contributed by atoms with E-state index in [0.717, 1.165) is 12.8 Å².